The summed E-state index contributed by atoms with van der Waals surface area (Å²) in [5, 5.41) is 4.81. The van der Waals surface area contributed by atoms with Crippen molar-refractivity contribution < 1.29 is 23.9 Å². The van der Waals surface area contributed by atoms with E-state index >= 15 is 0 Å². The van der Waals surface area contributed by atoms with Crippen LogP contribution in [-0.4, -0.2) is 40.5 Å². The third-order valence-corrected chi connectivity index (χ3v) is 4.09. The summed E-state index contributed by atoms with van der Waals surface area (Å²) >= 11 is 16.6. The minimum Gasteiger partial charge on any atom is -0.487 e. The van der Waals surface area contributed by atoms with E-state index in [4.69, 9.17) is 44.3 Å². The van der Waals surface area contributed by atoms with Gasteiger partial charge in [0, 0.05) is 6.42 Å². The summed E-state index contributed by atoms with van der Waals surface area (Å²) in [6.07, 6.45) is 2.79. The van der Waals surface area contributed by atoms with Gasteiger partial charge in [0.05, 0.1) is 17.2 Å². The number of fused-ring (bicyclic) bond motifs is 1. The van der Waals surface area contributed by atoms with Crippen molar-refractivity contribution in [3.63, 3.8) is 0 Å². The lowest BCUT2D eigenvalue weighted by Crippen LogP contribution is -2.43. The van der Waals surface area contributed by atoms with Crippen LogP contribution < -0.4 is 15.4 Å². The Morgan fingerprint density at radius 1 is 1.27 bits per heavy atom. The van der Waals surface area contributed by atoms with Crippen molar-refractivity contribution in [2.75, 3.05) is 6.61 Å². The number of hydrogen-bond donors (Lipinski definition) is 2. The number of imide groups is 1. The molecule has 3 rings (SSSR count). The maximum Gasteiger partial charge on any atom is 0.407 e. The van der Waals surface area contributed by atoms with Gasteiger partial charge in [0.25, 0.3) is 11.8 Å². The number of carbonyl (C=O) groups is 3. The molecule has 3 amide bonds. The van der Waals surface area contributed by atoms with Gasteiger partial charge in [-0.05, 0) is 12.1 Å². The van der Waals surface area contributed by atoms with Gasteiger partial charge in [0.2, 0.25) is 3.79 Å². The molecular formula is C16H13Cl3N2O5. The number of amides is 3. The van der Waals surface area contributed by atoms with Gasteiger partial charge < -0.3 is 14.8 Å². The van der Waals surface area contributed by atoms with Crippen LogP contribution in [-0.2, 0) is 4.74 Å². The van der Waals surface area contributed by atoms with Gasteiger partial charge in [0.1, 0.15) is 18.5 Å². The van der Waals surface area contributed by atoms with E-state index in [-0.39, 0.29) is 16.9 Å². The largest absolute Gasteiger partial charge is 0.487 e. The van der Waals surface area contributed by atoms with Crippen LogP contribution in [0.25, 0.3) is 0 Å². The van der Waals surface area contributed by atoms with E-state index in [1.54, 1.807) is 24.3 Å². The number of carbonyl (C=O) groups excluding carboxylic acids is 3. The monoisotopic (exact) mass is 418 g/mol. The summed E-state index contributed by atoms with van der Waals surface area (Å²) in [5.41, 5.74) is 0.437. The zero-order valence-corrected chi connectivity index (χ0v) is 15.4. The molecule has 0 radical (unpaired) electrons. The lowest BCUT2D eigenvalue weighted by Gasteiger charge is -2.23. The molecule has 2 aliphatic rings. The molecule has 1 aromatic rings. The van der Waals surface area contributed by atoms with Crippen LogP contribution in [0.1, 0.15) is 27.1 Å². The van der Waals surface area contributed by atoms with Crippen molar-refractivity contribution in [1.82, 2.24) is 10.6 Å². The Labute approximate surface area is 163 Å². The molecule has 10 heteroatoms. The van der Waals surface area contributed by atoms with Crippen LogP contribution in [0, 0.1) is 0 Å². The first-order valence-electron chi connectivity index (χ1n) is 7.56. The second-order valence-electron chi connectivity index (χ2n) is 5.64. The highest BCUT2D eigenvalue weighted by atomic mass is 35.6. The molecule has 2 atom stereocenters. The van der Waals surface area contributed by atoms with Crippen LogP contribution in [0.3, 0.4) is 0 Å². The highest BCUT2D eigenvalue weighted by Gasteiger charge is 2.33. The smallest absolute Gasteiger partial charge is 0.407 e. The van der Waals surface area contributed by atoms with Crippen molar-refractivity contribution in [3.05, 3.63) is 41.5 Å². The molecule has 0 saturated carbocycles. The Bertz CT molecular complexity index is 791. The Hall–Kier alpha value is -1.96. The van der Waals surface area contributed by atoms with E-state index in [1.165, 1.54) is 0 Å². The van der Waals surface area contributed by atoms with E-state index in [9.17, 15) is 14.4 Å². The molecule has 2 N–H and O–H groups in total. The average molecular weight is 420 g/mol. The Morgan fingerprint density at radius 2 is 2.04 bits per heavy atom. The summed E-state index contributed by atoms with van der Waals surface area (Å²) in [6.45, 7) is -0.403. The Balaban J connectivity index is 1.67. The van der Waals surface area contributed by atoms with Crippen molar-refractivity contribution in [1.29, 1.82) is 0 Å². The van der Waals surface area contributed by atoms with Crippen LogP contribution >= 0.6 is 34.8 Å². The maximum atomic E-state index is 12.0. The molecule has 0 fully saturated rings. The number of hydrogen-bond acceptors (Lipinski definition) is 5. The zero-order valence-electron chi connectivity index (χ0n) is 13.1. The third-order valence-electron chi connectivity index (χ3n) is 3.77. The van der Waals surface area contributed by atoms with E-state index < -0.39 is 40.5 Å². The first kappa shape index (κ1) is 18.8. The summed E-state index contributed by atoms with van der Waals surface area (Å²) < 4.78 is 8.99. The maximum absolute atomic E-state index is 12.0. The van der Waals surface area contributed by atoms with Gasteiger partial charge in [-0.15, -0.1) is 0 Å². The SMILES string of the molecule is O=C(N[C@H]1C=CC[C@H]1Oc1cccc2c1C(=O)NC2=O)OCC(Cl)(Cl)Cl. The van der Waals surface area contributed by atoms with Gasteiger partial charge in [-0.2, -0.15) is 0 Å². The van der Waals surface area contributed by atoms with Crippen LogP contribution in [0.15, 0.2) is 30.4 Å². The number of ether oxygens (including phenoxy) is 2. The van der Waals surface area contributed by atoms with Gasteiger partial charge >= 0.3 is 6.09 Å². The lowest BCUT2D eigenvalue weighted by atomic mass is 10.1. The number of rotatable bonds is 4. The third kappa shape index (κ3) is 4.23. The van der Waals surface area contributed by atoms with Crippen molar-refractivity contribution in [2.45, 2.75) is 22.4 Å². The topological polar surface area (TPSA) is 93.7 Å². The molecule has 1 aliphatic carbocycles. The molecule has 1 aliphatic heterocycles. The highest BCUT2D eigenvalue weighted by molar-refractivity contribution is 6.67. The quantitative estimate of drug-likeness (QED) is 0.445. The summed E-state index contributed by atoms with van der Waals surface area (Å²) in [4.78, 5) is 35.5. The van der Waals surface area contributed by atoms with Crippen LogP contribution in [0.5, 0.6) is 5.75 Å². The molecule has 1 heterocycles. The second kappa shape index (κ2) is 7.34. The predicted octanol–water partition coefficient (Wildman–Crippen LogP) is 2.74. The second-order valence-corrected chi connectivity index (χ2v) is 8.16. The molecule has 0 aromatic heterocycles. The summed E-state index contributed by atoms with van der Waals surface area (Å²) in [6, 6.07) is 4.24. The molecule has 138 valence electrons. The zero-order chi connectivity index (χ0) is 18.9. The molecule has 0 unspecified atom stereocenters. The van der Waals surface area contributed by atoms with Crippen LogP contribution in [0.4, 0.5) is 4.79 Å². The van der Waals surface area contributed by atoms with Crippen molar-refractivity contribution >= 4 is 52.7 Å². The first-order valence-corrected chi connectivity index (χ1v) is 8.70. The molecule has 0 bridgehead atoms. The molecule has 26 heavy (non-hydrogen) atoms. The standard InChI is InChI=1S/C16H13Cl3N2O5/c17-16(18,19)7-25-15(24)20-9-4-2-5-10(9)26-11-6-1-3-8-12(11)14(23)21-13(8)22/h1-4,6,9-10H,5,7H2,(H,20,24)(H,21,22,23)/t9-,10+/m0/s1. The summed E-state index contributed by atoms with van der Waals surface area (Å²) in [5.74, 6) is -0.718. The van der Waals surface area contributed by atoms with Crippen LogP contribution in [0.2, 0.25) is 0 Å². The van der Waals surface area contributed by atoms with E-state index in [2.05, 4.69) is 10.6 Å². The average Bonchev–Trinajstić information content (AvgIpc) is 3.10. The minimum absolute atomic E-state index is 0.182. The molecule has 0 saturated heterocycles. The van der Waals surface area contributed by atoms with Crippen molar-refractivity contribution in [3.8, 4) is 5.75 Å². The van der Waals surface area contributed by atoms with Gasteiger partial charge in [-0.1, -0.05) is 53.0 Å². The number of alkyl carbamates (subject to hydrolysis) is 1. The number of benzene rings is 1. The minimum atomic E-state index is -1.71. The van der Waals surface area contributed by atoms with Gasteiger partial charge in [0.15, 0.2) is 0 Å². The number of halogens is 3. The van der Waals surface area contributed by atoms with E-state index in [1.807, 2.05) is 6.08 Å². The predicted molar refractivity (Wildman–Crippen MR) is 95.0 cm³/mol. The molecule has 0 spiro atoms. The van der Waals surface area contributed by atoms with Crippen molar-refractivity contribution in [2.24, 2.45) is 0 Å². The Kier molecular flexibility index (Phi) is 5.32. The molecule has 1 aromatic carbocycles. The molecular weight excluding hydrogens is 407 g/mol. The fraction of sp³-hybridized carbons (Fsp3) is 0.312. The number of nitrogens with one attached hydrogen (secondary N) is 2. The Morgan fingerprint density at radius 3 is 2.77 bits per heavy atom. The fourth-order valence-electron chi connectivity index (χ4n) is 2.67. The van der Waals surface area contributed by atoms with Gasteiger partial charge in [-0.25, -0.2) is 4.79 Å². The normalized spacial score (nSPS) is 21.3. The van der Waals surface area contributed by atoms with E-state index in [0.29, 0.717) is 6.42 Å². The lowest BCUT2D eigenvalue weighted by molar-refractivity contribution is 0.0876. The summed E-state index contributed by atoms with van der Waals surface area (Å²) in [7, 11) is 0. The van der Waals surface area contributed by atoms with Gasteiger partial charge in [-0.3, -0.25) is 14.9 Å². The fourth-order valence-corrected chi connectivity index (χ4v) is 2.83. The number of alkyl halides is 3. The first-order chi connectivity index (χ1) is 12.2. The molecule has 7 nitrogen and oxygen atoms in total. The highest BCUT2D eigenvalue weighted by Crippen LogP contribution is 2.29. The van der Waals surface area contributed by atoms with E-state index in [0.717, 1.165) is 0 Å².